The molecule has 32 heavy (non-hydrogen) atoms. The van der Waals surface area contributed by atoms with Crippen molar-refractivity contribution in [2.45, 2.75) is 4.90 Å². The molecule has 0 fully saturated rings. The summed E-state index contributed by atoms with van der Waals surface area (Å²) in [5, 5.41) is 3.29. The second-order valence-electron chi connectivity index (χ2n) is 6.68. The number of benzene rings is 3. The van der Waals surface area contributed by atoms with Crippen molar-refractivity contribution < 1.29 is 22.7 Å². The lowest BCUT2D eigenvalue weighted by atomic mass is 10.3. The van der Waals surface area contributed by atoms with Crippen LogP contribution in [-0.2, 0) is 14.8 Å². The van der Waals surface area contributed by atoms with Gasteiger partial charge in [0.25, 0.3) is 10.0 Å². The van der Waals surface area contributed by atoms with Crippen LogP contribution in [-0.4, -0.2) is 41.1 Å². The fraction of sp³-hybridized carbons (Fsp3) is 0.174. The molecule has 9 heteroatoms. The van der Waals surface area contributed by atoms with Gasteiger partial charge in [-0.1, -0.05) is 35.9 Å². The van der Waals surface area contributed by atoms with E-state index in [1.54, 1.807) is 66.7 Å². The van der Waals surface area contributed by atoms with E-state index < -0.39 is 22.5 Å². The Hall–Kier alpha value is -3.23. The van der Waals surface area contributed by atoms with Crippen LogP contribution < -0.4 is 19.1 Å². The molecule has 0 aromatic heterocycles. The van der Waals surface area contributed by atoms with Gasteiger partial charge in [0, 0.05) is 11.1 Å². The Morgan fingerprint density at radius 2 is 1.69 bits per heavy atom. The number of carbonyl (C=O) groups is 1. The summed E-state index contributed by atoms with van der Waals surface area (Å²) in [7, 11) is -2.49. The fourth-order valence-corrected chi connectivity index (χ4v) is 4.44. The van der Waals surface area contributed by atoms with Crippen LogP contribution in [0.1, 0.15) is 0 Å². The topological polar surface area (TPSA) is 84.9 Å². The monoisotopic (exact) mass is 474 g/mol. The molecule has 0 aliphatic heterocycles. The summed E-state index contributed by atoms with van der Waals surface area (Å²) >= 11 is 5.84. The lowest BCUT2D eigenvalue weighted by Gasteiger charge is -2.24. The van der Waals surface area contributed by atoms with Gasteiger partial charge in [-0.2, -0.15) is 0 Å². The van der Waals surface area contributed by atoms with Gasteiger partial charge in [0.2, 0.25) is 5.91 Å². The van der Waals surface area contributed by atoms with Crippen molar-refractivity contribution in [1.82, 2.24) is 5.32 Å². The number of rotatable bonds is 10. The number of carbonyl (C=O) groups excluding carboxylic acids is 1. The molecule has 3 aromatic rings. The van der Waals surface area contributed by atoms with E-state index in [2.05, 4.69) is 5.32 Å². The molecule has 3 aromatic carbocycles. The van der Waals surface area contributed by atoms with E-state index in [9.17, 15) is 13.2 Å². The first-order valence-corrected chi connectivity index (χ1v) is 11.6. The smallest absolute Gasteiger partial charge is 0.264 e. The van der Waals surface area contributed by atoms with Gasteiger partial charge in [0.1, 0.15) is 24.7 Å². The van der Waals surface area contributed by atoms with Crippen LogP contribution in [0.4, 0.5) is 5.69 Å². The molecule has 3 rings (SSSR count). The number of anilines is 1. The van der Waals surface area contributed by atoms with Gasteiger partial charge >= 0.3 is 0 Å². The summed E-state index contributed by atoms with van der Waals surface area (Å²) in [5.74, 6) is 0.632. The van der Waals surface area contributed by atoms with E-state index >= 15 is 0 Å². The zero-order valence-electron chi connectivity index (χ0n) is 17.4. The van der Waals surface area contributed by atoms with Crippen LogP contribution in [0.15, 0.2) is 83.8 Å². The molecule has 0 radical (unpaired) electrons. The van der Waals surface area contributed by atoms with Gasteiger partial charge in [-0.25, -0.2) is 8.42 Å². The quantitative estimate of drug-likeness (QED) is 0.452. The summed E-state index contributed by atoms with van der Waals surface area (Å²) in [4.78, 5) is 12.7. The lowest BCUT2D eigenvalue weighted by molar-refractivity contribution is -0.119. The number of hydrogen-bond donors (Lipinski definition) is 1. The van der Waals surface area contributed by atoms with E-state index in [-0.39, 0.29) is 18.0 Å². The average Bonchev–Trinajstić information content (AvgIpc) is 2.82. The maximum absolute atomic E-state index is 13.3. The van der Waals surface area contributed by atoms with Gasteiger partial charge in [0.15, 0.2) is 0 Å². The van der Waals surface area contributed by atoms with Crippen molar-refractivity contribution >= 4 is 33.2 Å². The highest BCUT2D eigenvalue weighted by Gasteiger charge is 2.27. The summed E-state index contributed by atoms with van der Waals surface area (Å²) < 4.78 is 38.4. The molecule has 0 heterocycles. The van der Waals surface area contributed by atoms with Crippen LogP contribution in [0.3, 0.4) is 0 Å². The highest BCUT2D eigenvalue weighted by Crippen LogP contribution is 2.26. The first-order chi connectivity index (χ1) is 15.4. The van der Waals surface area contributed by atoms with Crippen LogP contribution in [0.2, 0.25) is 5.02 Å². The normalized spacial score (nSPS) is 10.9. The van der Waals surface area contributed by atoms with Crippen LogP contribution in [0.25, 0.3) is 0 Å². The van der Waals surface area contributed by atoms with E-state index in [0.717, 1.165) is 4.31 Å². The number of amides is 1. The highest BCUT2D eigenvalue weighted by molar-refractivity contribution is 7.92. The maximum Gasteiger partial charge on any atom is 0.264 e. The van der Waals surface area contributed by atoms with E-state index in [0.29, 0.717) is 22.2 Å². The molecule has 1 amide bonds. The van der Waals surface area contributed by atoms with Crippen molar-refractivity contribution in [3.8, 4) is 11.5 Å². The minimum atomic E-state index is -3.98. The molecule has 168 valence electrons. The SMILES string of the molecule is COc1cccc(N(CC(=O)NCCOc2ccc(Cl)cc2)S(=O)(=O)c2ccccc2)c1. The Morgan fingerprint density at radius 3 is 2.38 bits per heavy atom. The Balaban J connectivity index is 1.70. The number of nitrogens with zero attached hydrogens (tertiary/aromatic N) is 1. The van der Waals surface area contributed by atoms with Gasteiger partial charge in [-0.15, -0.1) is 0 Å². The maximum atomic E-state index is 13.3. The number of sulfonamides is 1. The molecule has 0 spiro atoms. The molecule has 0 bridgehead atoms. The number of ether oxygens (including phenoxy) is 2. The third kappa shape index (κ3) is 6.15. The zero-order valence-corrected chi connectivity index (χ0v) is 19.0. The second kappa shape index (κ2) is 10.9. The number of hydrogen-bond acceptors (Lipinski definition) is 5. The molecule has 0 unspecified atom stereocenters. The van der Waals surface area contributed by atoms with E-state index in [1.165, 1.54) is 19.2 Å². The summed E-state index contributed by atoms with van der Waals surface area (Å²) in [6, 6.07) is 21.4. The number of halogens is 1. The van der Waals surface area contributed by atoms with Crippen LogP contribution in [0, 0.1) is 0 Å². The van der Waals surface area contributed by atoms with Crippen molar-refractivity contribution in [3.05, 3.63) is 83.9 Å². The van der Waals surface area contributed by atoms with E-state index in [4.69, 9.17) is 21.1 Å². The second-order valence-corrected chi connectivity index (χ2v) is 8.98. The number of methoxy groups -OCH3 is 1. The van der Waals surface area contributed by atoms with Gasteiger partial charge < -0.3 is 14.8 Å². The Labute approximate surface area is 192 Å². The lowest BCUT2D eigenvalue weighted by Crippen LogP contribution is -2.41. The van der Waals surface area contributed by atoms with Gasteiger partial charge in [0.05, 0.1) is 24.2 Å². The van der Waals surface area contributed by atoms with Crippen molar-refractivity contribution in [1.29, 1.82) is 0 Å². The Morgan fingerprint density at radius 1 is 0.969 bits per heavy atom. The standard InChI is InChI=1S/C23H23ClN2O5S/c1-30-21-7-5-6-19(16-21)26(32(28,29)22-8-3-2-4-9-22)17-23(27)25-14-15-31-20-12-10-18(24)11-13-20/h2-13,16H,14-15,17H2,1H3,(H,25,27). The average molecular weight is 475 g/mol. The predicted molar refractivity (Wildman–Crippen MR) is 124 cm³/mol. The molecule has 0 atom stereocenters. The minimum Gasteiger partial charge on any atom is -0.497 e. The number of nitrogens with one attached hydrogen (secondary N) is 1. The molecule has 0 aliphatic carbocycles. The first kappa shape index (κ1) is 23.4. The molecular weight excluding hydrogens is 452 g/mol. The molecule has 0 saturated carbocycles. The van der Waals surface area contributed by atoms with Gasteiger partial charge in [-0.3, -0.25) is 9.10 Å². The molecule has 1 N–H and O–H groups in total. The summed E-state index contributed by atoms with van der Waals surface area (Å²) in [5.41, 5.74) is 0.320. The highest BCUT2D eigenvalue weighted by atomic mass is 35.5. The Bertz CT molecular complexity index is 1140. The fourth-order valence-electron chi connectivity index (χ4n) is 2.88. The van der Waals surface area contributed by atoms with Crippen LogP contribution in [0.5, 0.6) is 11.5 Å². The third-order valence-corrected chi connectivity index (χ3v) is 6.51. The summed E-state index contributed by atoms with van der Waals surface area (Å²) in [6.45, 7) is 0.0299. The predicted octanol–water partition coefficient (Wildman–Crippen LogP) is 3.74. The Kier molecular flexibility index (Phi) is 7.97. The van der Waals surface area contributed by atoms with E-state index in [1.807, 2.05) is 0 Å². The summed E-state index contributed by atoms with van der Waals surface area (Å²) in [6.07, 6.45) is 0. The zero-order chi connectivity index (χ0) is 23.0. The van der Waals surface area contributed by atoms with Crippen molar-refractivity contribution in [2.24, 2.45) is 0 Å². The van der Waals surface area contributed by atoms with Crippen LogP contribution >= 0.6 is 11.6 Å². The molecular formula is C23H23ClN2O5S. The van der Waals surface area contributed by atoms with Crippen molar-refractivity contribution in [2.75, 3.05) is 31.1 Å². The molecule has 7 nitrogen and oxygen atoms in total. The van der Waals surface area contributed by atoms with Gasteiger partial charge in [-0.05, 0) is 48.5 Å². The first-order valence-electron chi connectivity index (χ1n) is 9.77. The largest absolute Gasteiger partial charge is 0.497 e. The minimum absolute atomic E-state index is 0.0849. The molecule has 0 saturated heterocycles. The molecule has 0 aliphatic rings. The van der Waals surface area contributed by atoms with Crippen molar-refractivity contribution in [3.63, 3.8) is 0 Å². The third-order valence-electron chi connectivity index (χ3n) is 4.47.